The van der Waals surface area contributed by atoms with E-state index in [2.05, 4.69) is 9.46 Å². The Morgan fingerprint density at radius 2 is 2.10 bits per heavy atom. The van der Waals surface area contributed by atoms with Crippen molar-refractivity contribution in [2.45, 2.75) is 18.2 Å². The maximum absolute atomic E-state index is 12.0. The van der Waals surface area contributed by atoms with E-state index in [1.807, 2.05) is 0 Å². The molecule has 0 aliphatic heterocycles. The molecule has 0 atom stereocenters. The van der Waals surface area contributed by atoms with Gasteiger partial charge in [-0.3, -0.25) is 14.9 Å². The molecule has 8 nitrogen and oxygen atoms in total. The summed E-state index contributed by atoms with van der Waals surface area (Å²) in [6.45, 7) is 1.38. The zero-order valence-corrected chi connectivity index (χ0v) is 11.8. The van der Waals surface area contributed by atoms with Crippen LogP contribution in [0.3, 0.4) is 0 Å². The lowest BCUT2D eigenvalue weighted by atomic mass is 10.2. The highest BCUT2D eigenvalue weighted by Gasteiger charge is 2.20. The van der Waals surface area contributed by atoms with Gasteiger partial charge in [-0.1, -0.05) is 6.07 Å². The van der Waals surface area contributed by atoms with Crippen LogP contribution in [0.15, 0.2) is 23.1 Å². The first-order chi connectivity index (χ1) is 9.27. The summed E-state index contributed by atoms with van der Waals surface area (Å²) in [5.74, 6) is -0.552. The summed E-state index contributed by atoms with van der Waals surface area (Å²) < 4.78 is 30.6. The maximum Gasteiger partial charge on any atom is 0.306 e. The van der Waals surface area contributed by atoms with Crippen molar-refractivity contribution in [1.29, 1.82) is 0 Å². The van der Waals surface area contributed by atoms with Crippen molar-refractivity contribution in [2.24, 2.45) is 0 Å². The van der Waals surface area contributed by atoms with Crippen LogP contribution in [-0.2, 0) is 19.6 Å². The molecule has 0 radical (unpaired) electrons. The monoisotopic (exact) mass is 302 g/mol. The van der Waals surface area contributed by atoms with Gasteiger partial charge in [0.15, 0.2) is 0 Å². The molecule has 9 heteroatoms. The van der Waals surface area contributed by atoms with Gasteiger partial charge in [-0.15, -0.1) is 0 Å². The summed E-state index contributed by atoms with van der Waals surface area (Å²) in [6, 6.07) is 3.56. The number of sulfonamides is 1. The fourth-order valence-corrected chi connectivity index (χ4v) is 2.75. The van der Waals surface area contributed by atoms with Crippen LogP contribution in [0.1, 0.15) is 12.0 Å². The number of hydrogen-bond acceptors (Lipinski definition) is 6. The van der Waals surface area contributed by atoms with Crippen molar-refractivity contribution >= 4 is 21.7 Å². The van der Waals surface area contributed by atoms with E-state index in [0.717, 1.165) is 6.07 Å². The molecule has 20 heavy (non-hydrogen) atoms. The molecule has 1 aromatic carbocycles. The summed E-state index contributed by atoms with van der Waals surface area (Å²) in [4.78, 5) is 20.7. The third-order valence-electron chi connectivity index (χ3n) is 2.52. The van der Waals surface area contributed by atoms with Gasteiger partial charge in [0.25, 0.3) is 5.69 Å². The van der Waals surface area contributed by atoms with Crippen molar-refractivity contribution in [1.82, 2.24) is 4.72 Å². The second kappa shape index (κ2) is 6.44. The average molecular weight is 302 g/mol. The number of carbonyl (C=O) groups is 1. The molecule has 1 N–H and O–H groups in total. The lowest BCUT2D eigenvalue weighted by Crippen LogP contribution is -2.27. The number of esters is 1. The number of ether oxygens (including phenoxy) is 1. The van der Waals surface area contributed by atoms with Crippen molar-refractivity contribution in [3.8, 4) is 0 Å². The summed E-state index contributed by atoms with van der Waals surface area (Å²) >= 11 is 0. The van der Waals surface area contributed by atoms with Crippen molar-refractivity contribution in [2.75, 3.05) is 13.7 Å². The zero-order valence-electron chi connectivity index (χ0n) is 11.0. The van der Waals surface area contributed by atoms with Gasteiger partial charge in [0.05, 0.1) is 23.3 Å². The predicted molar refractivity (Wildman–Crippen MR) is 69.7 cm³/mol. The number of benzene rings is 1. The van der Waals surface area contributed by atoms with Crippen molar-refractivity contribution in [3.63, 3.8) is 0 Å². The summed E-state index contributed by atoms with van der Waals surface area (Å²) in [7, 11) is -2.72. The Labute approximate surface area is 115 Å². The molecule has 1 aromatic rings. The van der Waals surface area contributed by atoms with E-state index in [1.54, 1.807) is 0 Å². The molecule has 0 amide bonds. The topological polar surface area (TPSA) is 116 Å². The first kappa shape index (κ1) is 16.1. The predicted octanol–water partition coefficient (Wildman–Crippen LogP) is 0.745. The first-order valence-electron chi connectivity index (χ1n) is 5.59. The molecular formula is C11H14N2O6S. The largest absolute Gasteiger partial charge is 0.469 e. The molecule has 0 saturated carbocycles. The van der Waals surface area contributed by atoms with Gasteiger partial charge in [-0.2, -0.15) is 0 Å². The van der Waals surface area contributed by atoms with E-state index in [4.69, 9.17) is 0 Å². The lowest BCUT2D eigenvalue weighted by molar-refractivity contribution is -0.385. The van der Waals surface area contributed by atoms with Gasteiger partial charge in [-0.05, 0) is 12.5 Å². The number of hydrogen-bond donors (Lipinski definition) is 1. The van der Waals surface area contributed by atoms with Gasteiger partial charge >= 0.3 is 5.97 Å². The molecule has 0 aromatic heterocycles. The van der Waals surface area contributed by atoms with Gasteiger partial charge in [0.1, 0.15) is 0 Å². The zero-order chi connectivity index (χ0) is 15.3. The van der Waals surface area contributed by atoms with Crippen LogP contribution < -0.4 is 4.72 Å². The van der Waals surface area contributed by atoms with E-state index in [-0.39, 0.29) is 23.5 Å². The van der Waals surface area contributed by atoms with Crippen LogP contribution in [0, 0.1) is 17.0 Å². The molecule has 0 unspecified atom stereocenters. The van der Waals surface area contributed by atoms with Crippen LogP contribution in [0.2, 0.25) is 0 Å². The Balaban J connectivity index is 2.94. The molecule has 0 aliphatic rings. The minimum atomic E-state index is -3.91. The number of carbonyl (C=O) groups excluding carboxylic acids is 1. The molecular weight excluding hydrogens is 288 g/mol. The van der Waals surface area contributed by atoms with Crippen LogP contribution in [0.25, 0.3) is 0 Å². The Kier molecular flexibility index (Phi) is 5.17. The Morgan fingerprint density at radius 1 is 1.45 bits per heavy atom. The number of non-ortho nitro benzene ring substituents is 1. The van der Waals surface area contributed by atoms with Crippen molar-refractivity contribution < 1.29 is 22.9 Å². The molecule has 110 valence electrons. The quantitative estimate of drug-likeness (QED) is 0.471. The molecule has 0 bridgehead atoms. The Morgan fingerprint density at radius 3 is 2.65 bits per heavy atom. The highest BCUT2D eigenvalue weighted by Crippen LogP contribution is 2.21. The van der Waals surface area contributed by atoms with Gasteiger partial charge in [0, 0.05) is 18.7 Å². The van der Waals surface area contributed by atoms with Gasteiger partial charge in [-0.25, -0.2) is 13.1 Å². The molecule has 0 fully saturated rings. The maximum atomic E-state index is 12.0. The summed E-state index contributed by atoms with van der Waals surface area (Å²) in [6.07, 6.45) is -0.121. The number of methoxy groups -OCH3 is 1. The standard InChI is InChI=1S/C11H14N2O6S/c1-8-3-4-9(13(15)16)7-10(8)20(17,18)12-6-5-11(14)19-2/h3-4,7,12H,5-6H2,1-2H3. The third-order valence-corrected chi connectivity index (χ3v) is 4.12. The van der Waals surface area contributed by atoms with Crippen LogP contribution in [-0.4, -0.2) is 33.0 Å². The summed E-state index contributed by atoms with van der Waals surface area (Å²) in [5, 5.41) is 10.7. The Hall–Kier alpha value is -2.00. The molecule has 0 aliphatic carbocycles. The molecule has 0 saturated heterocycles. The van der Waals surface area contributed by atoms with Crippen LogP contribution in [0.4, 0.5) is 5.69 Å². The van der Waals surface area contributed by atoms with Gasteiger partial charge < -0.3 is 4.74 Å². The highest BCUT2D eigenvalue weighted by molar-refractivity contribution is 7.89. The highest BCUT2D eigenvalue weighted by atomic mass is 32.2. The number of rotatable bonds is 6. The van der Waals surface area contributed by atoms with Crippen LogP contribution >= 0.6 is 0 Å². The Bertz CT molecular complexity index is 626. The van der Waals surface area contributed by atoms with Crippen LogP contribution in [0.5, 0.6) is 0 Å². The van der Waals surface area contributed by atoms with Gasteiger partial charge in [0.2, 0.25) is 10.0 Å². The molecule has 0 spiro atoms. The summed E-state index contributed by atoms with van der Waals surface area (Å²) in [5.41, 5.74) is 0.0603. The average Bonchev–Trinajstić information content (AvgIpc) is 2.38. The van der Waals surface area contributed by atoms with E-state index < -0.39 is 20.9 Å². The number of nitro benzene ring substituents is 1. The van der Waals surface area contributed by atoms with E-state index >= 15 is 0 Å². The van der Waals surface area contributed by atoms with E-state index in [9.17, 15) is 23.3 Å². The van der Waals surface area contributed by atoms with Crippen molar-refractivity contribution in [3.05, 3.63) is 33.9 Å². The fraction of sp³-hybridized carbons (Fsp3) is 0.364. The lowest BCUT2D eigenvalue weighted by Gasteiger charge is -2.08. The number of nitro groups is 1. The smallest absolute Gasteiger partial charge is 0.306 e. The normalized spacial score (nSPS) is 11.1. The number of nitrogens with one attached hydrogen (secondary N) is 1. The van der Waals surface area contributed by atoms with E-state index in [1.165, 1.54) is 26.2 Å². The molecule has 0 heterocycles. The second-order valence-corrected chi connectivity index (χ2v) is 5.67. The number of nitrogens with zero attached hydrogens (tertiary/aromatic N) is 1. The third kappa shape index (κ3) is 4.00. The first-order valence-corrected chi connectivity index (χ1v) is 7.08. The fourth-order valence-electron chi connectivity index (χ4n) is 1.46. The van der Waals surface area contributed by atoms with E-state index in [0.29, 0.717) is 5.56 Å². The minimum absolute atomic E-state index is 0.121. The number of aryl methyl sites for hydroxylation is 1. The minimum Gasteiger partial charge on any atom is -0.469 e. The molecule has 1 rings (SSSR count). The second-order valence-electron chi connectivity index (χ2n) is 3.93. The SMILES string of the molecule is COC(=O)CCNS(=O)(=O)c1cc([N+](=O)[O-])ccc1C.